The molecule has 1 unspecified atom stereocenters. The van der Waals surface area contributed by atoms with Crippen LogP contribution in [-0.4, -0.2) is 12.5 Å². The summed E-state index contributed by atoms with van der Waals surface area (Å²) < 4.78 is 0. The molecule has 1 fully saturated rings. The fourth-order valence-corrected chi connectivity index (χ4v) is 1.87. The Morgan fingerprint density at radius 1 is 1.47 bits per heavy atom. The molecule has 0 aromatic heterocycles. The number of carbonyl (C=O) groups excluding carboxylic acids is 1. The molecule has 2 N–H and O–H groups in total. The standard InChI is InChI=1S/C14H20N2O/c1-10(15-9-12-6-7-12)13-4-3-5-14(8-13)16-11(2)17/h3-5,8,10,12,15H,6-7,9H2,1-2H3,(H,16,17). The van der Waals surface area contributed by atoms with Gasteiger partial charge < -0.3 is 10.6 Å². The molecule has 1 aliphatic rings. The zero-order valence-electron chi connectivity index (χ0n) is 10.5. The van der Waals surface area contributed by atoms with Gasteiger partial charge in [-0.2, -0.15) is 0 Å². The van der Waals surface area contributed by atoms with E-state index in [1.54, 1.807) is 0 Å². The van der Waals surface area contributed by atoms with Crippen LogP contribution in [0.4, 0.5) is 5.69 Å². The lowest BCUT2D eigenvalue weighted by Crippen LogP contribution is -2.21. The summed E-state index contributed by atoms with van der Waals surface area (Å²) in [6.07, 6.45) is 2.73. The third-order valence-electron chi connectivity index (χ3n) is 3.12. The van der Waals surface area contributed by atoms with Crippen LogP contribution in [0.25, 0.3) is 0 Å². The number of amides is 1. The summed E-state index contributed by atoms with van der Waals surface area (Å²) in [7, 11) is 0. The van der Waals surface area contributed by atoms with Crippen molar-refractivity contribution < 1.29 is 4.79 Å². The second-order valence-corrected chi connectivity index (χ2v) is 4.88. The molecule has 0 spiro atoms. The van der Waals surface area contributed by atoms with Crippen molar-refractivity contribution in [1.29, 1.82) is 0 Å². The lowest BCUT2D eigenvalue weighted by Gasteiger charge is -2.15. The zero-order chi connectivity index (χ0) is 12.3. The Morgan fingerprint density at radius 3 is 2.88 bits per heavy atom. The minimum absolute atomic E-state index is 0.0271. The first-order chi connectivity index (χ1) is 8.15. The van der Waals surface area contributed by atoms with Crippen molar-refractivity contribution in [2.24, 2.45) is 5.92 Å². The highest BCUT2D eigenvalue weighted by Gasteiger charge is 2.21. The van der Waals surface area contributed by atoms with Crippen LogP contribution in [0.15, 0.2) is 24.3 Å². The maximum Gasteiger partial charge on any atom is 0.221 e. The van der Waals surface area contributed by atoms with Crippen LogP contribution < -0.4 is 10.6 Å². The molecule has 0 heterocycles. The van der Waals surface area contributed by atoms with Crippen LogP contribution in [0.1, 0.15) is 38.3 Å². The molecule has 3 nitrogen and oxygen atoms in total. The Bertz CT molecular complexity index is 399. The molecule has 1 saturated carbocycles. The van der Waals surface area contributed by atoms with Gasteiger partial charge in [-0.15, -0.1) is 0 Å². The number of rotatable bonds is 5. The van der Waals surface area contributed by atoms with Crippen LogP contribution in [0.5, 0.6) is 0 Å². The molecule has 0 saturated heterocycles. The van der Waals surface area contributed by atoms with Gasteiger partial charge in [0.05, 0.1) is 0 Å². The first kappa shape index (κ1) is 12.1. The van der Waals surface area contributed by atoms with Crippen molar-refractivity contribution in [3.8, 4) is 0 Å². The van der Waals surface area contributed by atoms with E-state index in [4.69, 9.17) is 0 Å². The first-order valence-electron chi connectivity index (χ1n) is 6.26. The Hall–Kier alpha value is -1.35. The number of carbonyl (C=O) groups is 1. The maximum absolute atomic E-state index is 11.0. The normalized spacial score (nSPS) is 16.6. The zero-order valence-corrected chi connectivity index (χ0v) is 10.5. The van der Waals surface area contributed by atoms with Gasteiger partial charge in [0.25, 0.3) is 0 Å². The highest BCUT2D eigenvalue weighted by atomic mass is 16.1. The topological polar surface area (TPSA) is 41.1 Å². The monoisotopic (exact) mass is 232 g/mol. The first-order valence-corrected chi connectivity index (χ1v) is 6.26. The lowest BCUT2D eigenvalue weighted by atomic mass is 10.1. The van der Waals surface area contributed by atoms with E-state index < -0.39 is 0 Å². The van der Waals surface area contributed by atoms with E-state index in [-0.39, 0.29) is 5.91 Å². The van der Waals surface area contributed by atoms with Gasteiger partial charge in [-0.3, -0.25) is 4.79 Å². The third kappa shape index (κ3) is 3.86. The van der Waals surface area contributed by atoms with Crippen LogP contribution in [0, 0.1) is 5.92 Å². The second kappa shape index (κ2) is 5.32. The predicted octanol–water partition coefficient (Wildman–Crippen LogP) is 2.71. The predicted molar refractivity (Wildman–Crippen MR) is 69.9 cm³/mol. The third-order valence-corrected chi connectivity index (χ3v) is 3.12. The van der Waals surface area contributed by atoms with E-state index in [0.717, 1.165) is 18.2 Å². The molecule has 0 bridgehead atoms. The second-order valence-electron chi connectivity index (χ2n) is 4.88. The number of nitrogens with one attached hydrogen (secondary N) is 2. The van der Waals surface area contributed by atoms with Gasteiger partial charge in [0.2, 0.25) is 5.91 Å². The molecule has 1 aliphatic carbocycles. The van der Waals surface area contributed by atoms with Crippen LogP contribution in [0.2, 0.25) is 0 Å². The highest BCUT2D eigenvalue weighted by Crippen LogP contribution is 2.28. The summed E-state index contributed by atoms with van der Waals surface area (Å²) in [4.78, 5) is 11.0. The molecular formula is C14H20N2O. The van der Waals surface area contributed by atoms with Gasteiger partial charge >= 0.3 is 0 Å². The molecule has 3 heteroatoms. The molecule has 0 aliphatic heterocycles. The fourth-order valence-electron chi connectivity index (χ4n) is 1.87. The Kier molecular flexibility index (Phi) is 3.79. The number of hydrogen-bond donors (Lipinski definition) is 2. The minimum Gasteiger partial charge on any atom is -0.326 e. The molecular weight excluding hydrogens is 212 g/mol. The fraction of sp³-hybridized carbons (Fsp3) is 0.500. The van der Waals surface area contributed by atoms with Crippen molar-refractivity contribution in [3.63, 3.8) is 0 Å². The summed E-state index contributed by atoms with van der Waals surface area (Å²) >= 11 is 0. The van der Waals surface area contributed by atoms with Gasteiger partial charge in [0.1, 0.15) is 0 Å². The van der Waals surface area contributed by atoms with E-state index in [9.17, 15) is 4.79 Å². The van der Waals surface area contributed by atoms with Crippen molar-refractivity contribution >= 4 is 11.6 Å². The van der Waals surface area contributed by atoms with E-state index in [2.05, 4.69) is 23.6 Å². The molecule has 1 aromatic carbocycles. The molecule has 92 valence electrons. The minimum atomic E-state index is -0.0271. The number of anilines is 1. The molecule has 1 aromatic rings. The smallest absolute Gasteiger partial charge is 0.221 e. The summed E-state index contributed by atoms with van der Waals surface area (Å²) in [5.41, 5.74) is 2.09. The quantitative estimate of drug-likeness (QED) is 0.819. The largest absolute Gasteiger partial charge is 0.326 e. The molecule has 1 amide bonds. The Morgan fingerprint density at radius 2 is 2.24 bits per heavy atom. The summed E-state index contributed by atoms with van der Waals surface area (Å²) in [5, 5.41) is 6.34. The summed E-state index contributed by atoms with van der Waals surface area (Å²) in [6.45, 7) is 4.79. The van der Waals surface area contributed by atoms with Crippen molar-refractivity contribution in [3.05, 3.63) is 29.8 Å². The van der Waals surface area contributed by atoms with Crippen molar-refractivity contribution in [1.82, 2.24) is 5.32 Å². The number of benzene rings is 1. The van der Waals surface area contributed by atoms with Gasteiger partial charge in [-0.25, -0.2) is 0 Å². The highest BCUT2D eigenvalue weighted by molar-refractivity contribution is 5.88. The van der Waals surface area contributed by atoms with E-state index >= 15 is 0 Å². The average Bonchev–Trinajstić information content (AvgIpc) is 3.09. The SMILES string of the molecule is CC(=O)Nc1cccc(C(C)NCC2CC2)c1. The van der Waals surface area contributed by atoms with Crippen LogP contribution in [-0.2, 0) is 4.79 Å². The van der Waals surface area contributed by atoms with Gasteiger partial charge in [0.15, 0.2) is 0 Å². The molecule has 0 radical (unpaired) electrons. The van der Waals surface area contributed by atoms with Crippen LogP contribution in [0.3, 0.4) is 0 Å². The van der Waals surface area contributed by atoms with Crippen molar-refractivity contribution in [2.75, 3.05) is 11.9 Å². The van der Waals surface area contributed by atoms with Gasteiger partial charge in [-0.05, 0) is 49.9 Å². The maximum atomic E-state index is 11.0. The van der Waals surface area contributed by atoms with E-state index in [1.165, 1.54) is 25.3 Å². The van der Waals surface area contributed by atoms with Gasteiger partial charge in [-0.1, -0.05) is 12.1 Å². The summed E-state index contributed by atoms with van der Waals surface area (Å²) in [6, 6.07) is 8.36. The summed E-state index contributed by atoms with van der Waals surface area (Å²) in [5.74, 6) is 0.858. The molecule has 17 heavy (non-hydrogen) atoms. The van der Waals surface area contributed by atoms with Crippen molar-refractivity contribution in [2.45, 2.75) is 32.7 Å². The van der Waals surface area contributed by atoms with Gasteiger partial charge in [0, 0.05) is 18.7 Å². The van der Waals surface area contributed by atoms with E-state index in [0.29, 0.717) is 6.04 Å². The number of hydrogen-bond acceptors (Lipinski definition) is 2. The average molecular weight is 232 g/mol. The van der Waals surface area contributed by atoms with E-state index in [1.807, 2.05) is 18.2 Å². The van der Waals surface area contributed by atoms with Crippen LogP contribution >= 0.6 is 0 Å². The molecule has 1 atom stereocenters. The lowest BCUT2D eigenvalue weighted by molar-refractivity contribution is -0.114. The molecule has 2 rings (SSSR count). The Labute approximate surface area is 103 Å². The Balaban J connectivity index is 1.95.